The predicted octanol–water partition coefficient (Wildman–Crippen LogP) is 1.89. The summed E-state index contributed by atoms with van der Waals surface area (Å²) in [7, 11) is -12.6. The minimum atomic E-state index is -6.33. The summed E-state index contributed by atoms with van der Waals surface area (Å²) in [6, 6.07) is 0.789. The van der Waals surface area contributed by atoms with E-state index in [0.717, 1.165) is 26.1 Å². The van der Waals surface area contributed by atoms with Gasteiger partial charge in [-0.05, 0) is 19.4 Å². The van der Waals surface area contributed by atoms with E-state index in [0.29, 0.717) is 0 Å². The molecule has 1 aromatic rings. The summed E-state index contributed by atoms with van der Waals surface area (Å²) in [4.78, 5) is -1.92. The average Bonchev–Trinajstić information content (AvgIpc) is 2.35. The van der Waals surface area contributed by atoms with Gasteiger partial charge in [-0.1, -0.05) is 0 Å². The van der Waals surface area contributed by atoms with E-state index in [1.165, 1.54) is 0 Å². The van der Waals surface area contributed by atoms with Crippen LogP contribution >= 0.6 is 0 Å². The van der Waals surface area contributed by atoms with Gasteiger partial charge in [0.15, 0.2) is 11.1 Å². The molecule has 0 atom stereocenters. The second kappa shape index (κ2) is 5.61. The Bertz CT molecular complexity index is 824. The molecule has 132 valence electrons. The molecule has 0 radical (unpaired) electrons. The lowest BCUT2D eigenvalue weighted by molar-refractivity contribution is -0.733. The highest BCUT2D eigenvalue weighted by atomic mass is 32.2. The van der Waals surface area contributed by atoms with Gasteiger partial charge in [-0.2, -0.15) is 30.9 Å². The number of nitrogens with zero attached hydrogens (tertiary/aromatic N) is 1. The van der Waals surface area contributed by atoms with E-state index in [1.807, 2.05) is 0 Å². The Balaban J connectivity index is 4.11. The molecular weight excluding hydrogens is 376 g/mol. The molecule has 23 heavy (non-hydrogen) atoms. The monoisotopic (exact) mass is 386 g/mol. The number of sulfone groups is 2. The molecule has 0 bridgehead atoms. The zero-order valence-corrected chi connectivity index (χ0v) is 13.2. The third kappa shape index (κ3) is 3.16. The molecule has 0 saturated heterocycles. The van der Waals surface area contributed by atoms with Crippen molar-refractivity contribution >= 4 is 19.7 Å². The lowest BCUT2D eigenvalue weighted by atomic mass is 10.3. The molecule has 0 N–H and O–H groups in total. The van der Waals surface area contributed by atoms with Crippen LogP contribution in [-0.2, 0) is 26.2 Å². The number of aryl methyl sites for hydroxylation is 2. The standard InChI is InChI=1S/C10H10F6NO4S2/c1-3-17-5-4-6(2)7(22(18,19)9(11,12)13)8(17)23(20,21)10(14,15)16/h4-5H,3H2,1-2H3/q+1. The topological polar surface area (TPSA) is 72.2 Å². The van der Waals surface area contributed by atoms with Gasteiger partial charge in [0.1, 0.15) is 6.54 Å². The van der Waals surface area contributed by atoms with Gasteiger partial charge in [-0.15, -0.1) is 0 Å². The van der Waals surface area contributed by atoms with Gasteiger partial charge in [-0.3, -0.25) is 0 Å². The summed E-state index contributed by atoms with van der Waals surface area (Å²) in [5.41, 5.74) is -12.7. The van der Waals surface area contributed by atoms with Crippen LogP contribution < -0.4 is 4.57 Å². The first-order valence-corrected chi connectivity index (χ1v) is 8.71. The minimum absolute atomic E-state index is 0.286. The second-order valence-corrected chi connectivity index (χ2v) is 8.05. The molecule has 0 aliphatic heterocycles. The summed E-state index contributed by atoms with van der Waals surface area (Å²) in [5, 5.41) is -1.95. The molecule has 1 rings (SSSR count). The smallest absolute Gasteiger partial charge is 0.214 e. The molecule has 0 aliphatic rings. The number of alkyl halides is 6. The van der Waals surface area contributed by atoms with Crippen molar-refractivity contribution in [2.24, 2.45) is 0 Å². The lowest BCUT2D eigenvalue weighted by Crippen LogP contribution is -2.45. The Morgan fingerprint density at radius 3 is 1.74 bits per heavy atom. The van der Waals surface area contributed by atoms with Crippen LogP contribution in [0.2, 0.25) is 0 Å². The largest absolute Gasteiger partial charge is 0.507 e. The third-order valence-electron chi connectivity index (χ3n) is 2.79. The fourth-order valence-electron chi connectivity index (χ4n) is 1.72. The van der Waals surface area contributed by atoms with Crippen molar-refractivity contribution in [2.45, 2.75) is 41.3 Å². The first kappa shape index (κ1) is 19.7. The molecule has 0 aromatic carbocycles. The first-order chi connectivity index (χ1) is 10.1. The maximum Gasteiger partial charge on any atom is 0.507 e. The molecular formula is C10H10F6NO4S2+. The first-order valence-electron chi connectivity index (χ1n) is 5.74. The number of hydrogen-bond donors (Lipinski definition) is 0. The number of pyridine rings is 1. The van der Waals surface area contributed by atoms with Crippen LogP contribution in [0, 0.1) is 6.92 Å². The number of halogens is 6. The normalized spacial score (nSPS) is 14.1. The Labute approximate surface area is 127 Å². The summed E-state index contributed by atoms with van der Waals surface area (Å²) in [6.45, 7) is 1.42. The highest BCUT2D eigenvalue weighted by molar-refractivity contribution is 7.95. The molecule has 0 saturated carbocycles. The van der Waals surface area contributed by atoms with Crippen molar-refractivity contribution < 1.29 is 47.7 Å². The van der Waals surface area contributed by atoms with E-state index in [2.05, 4.69) is 0 Å². The molecule has 0 unspecified atom stereocenters. The zero-order chi connectivity index (χ0) is 18.4. The van der Waals surface area contributed by atoms with E-state index in [4.69, 9.17) is 0 Å². The van der Waals surface area contributed by atoms with Crippen molar-refractivity contribution in [1.82, 2.24) is 0 Å². The van der Waals surface area contributed by atoms with Gasteiger partial charge in [0.2, 0.25) is 0 Å². The van der Waals surface area contributed by atoms with Crippen LogP contribution in [0.1, 0.15) is 12.5 Å². The van der Waals surface area contributed by atoms with Crippen molar-refractivity contribution in [3.8, 4) is 0 Å². The van der Waals surface area contributed by atoms with Crippen LogP contribution in [0.5, 0.6) is 0 Å². The van der Waals surface area contributed by atoms with Gasteiger partial charge >= 0.3 is 25.9 Å². The maximum atomic E-state index is 12.8. The lowest BCUT2D eigenvalue weighted by Gasteiger charge is -2.14. The maximum absolute atomic E-state index is 12.8. The SMILES string of the molecule is CC[n+]1ccc(C)c(S(=O)(=O)C(F)(F)F)c1S(=O)(=O)C(F)(F)F. The predicted molar refractivity (Wildman–Crippen MR) is 63.5 cm³/mol. The molecule has 0 amide bonds. The van der Waals surface area contributed by atoms with E-state index < -0.39 is 52.7 Å². The molecule has 0 aliphatic carbocycles. The van der Waals surface area contributed by atoms with Gasteiger partial charge < -0.3 is 0 Å². The van der Waals surface area contributed by atoms with Gasteiger partial charge in [0, 0.05) is 6.07 Å². The van der Waals surface area contributed by atoms with E-state index in [1.54, 1.807) is 0 Å². The van der Waals surface area contributed by atoms with Crippen LogP contribution in [0.25, 0.3) is 0 Å². The van der Waals surface area contributed by atoms with Crippen molar-refractivity contribution in [2.75, 3.05) is 0 Å². The van der Waals surface area contributed by atoms with Crippen LogP contribution in [0.15, 0.2) is 22.2 Å². The molecule has 1 aromatic heterocycles. The van der Waals surface area contributed by atoms with Crippen molar-refractivity contribution in [3.05, 3.63) is 17.8 Å². The van der Waals surface area contributed by atoms with Gasteiger partial charge in [-0.25, -0.2) is 16.8 Å². The second-order valence-electron chi connectivity index (χ2n) is 4.32. The van der Waals surface area contributed by atoms with Crippen molar-refractivity contribution in [3.63, 3.8) is 0 Å². The number of hydrogen-bond acceptors (Lipinski definition) is 4. The fraction of sp³-hybridized carbons (Fsp3) is 0.500. The van der Waals surface area contributed by atoms with Gasteiger partial charge in [0.05, 0.1) is 0 Å². The zero-order valence-electron chi connectivity index (χ0n) is 11.5. The third-order valence-corrected chi connectivity index (χ3v) is 6.14. The molecule has 0 spiro atoms. The Kier molecular flexibility index (Phi) is 4.80. The number of rotatable bonds is 3. The van der Waals surface area contributed by atoms with Crippen LogP contribution in [0.4, 0.5) is 26.3 Å². The quantitative estimate of drug-likeness (QED) is 0.588. The van der Waals surface area contributed by atoms with E-state index in [-0.39, 0.29) is 4.57 Å². The minimum Gasteiger partial charge on any atom is -0.214 e. The fourth-order valence-corrected chi connectivity index (χ4v) is 4.57. The Hall–Kier alpha value is -1.37. The molecule has 1 heterocycles. The summed E-state index contributed by atoms with van der Waals surface area (Å²) >= 11 is 0. The summed E-state index contributed by atoms with van der Waals surface area (Å²) in [6.07, 6.45) is 0.767. The van der Waals surface area contributed by atoms with E-state index >= 15 is 0 Å². The summed E-state index contributed by atoms with van der Waals surface area (Å²) < 4.78 is 123. The molecule has 13 heteroatoms. The summed E-state index contributed by atoms with van der Waals surface area (Å²) in [5.74, 6) is 0. The van der Waals surface area contributed by atoms with Crippen LogP contribution in [0.3, 0.4) is 0 Å². The van der Waals surface area contributed by atoms with Gasteiger partial charge in [0.25, 0.3) is 9.84 Å². The van der Waals surface area contributed by atoms with Crippen molar-refractivity contribution in [1.29, 1.82) is 0 Å². The van der Waals surface area contributed by atoms with E-state index in [9.17, 15) is 43.2 Å². The highest BCUT2D eigenvalue weighted by Gasteiger charge is 2.59. The molecule has 0 fully saturated rings. The Morgan fingerprint density at radius 1 is 0.957 bits per heavy atom. The highest BCUT2D eigenvalue weighted by Crippen LogP contribution is 2.38. The average molecular weight is 386 g/mol. The molecule has 5 nitrogen and oxygen atoms in total. The number of aromatic nitrogens is 1. The van der Waals surface area contributed by atoms with Crippen LogP contribution in [-0.4, -0.2) is 27.9 Å². The Morgan fingerprint density at radius 2 is 1.39 bits per heavy atom.